The Hall–Kier alpha value is -3.14. The van der Waals surface area contributed by atoms with Gasteiger partial charge in [-0.25, -0.2) is 4.98 Å². The van der Waals surface area contributed by atoms with Gasteiger partial charge in [-0.3, -0.25) is 4.79 Å². The molecule has 0 fully saturated rings. The Morgan fingerprint density at radius 1 is 1.00 bits per heavy atom. The lowest BCUT2D eigenvalue weighted by molar-refractivity contribution is 0.102. The highest BCUT2D eigenvalue weighted by Gasteiger charge is 2.14. The molecule has 1 amide bonds. The predicted molar refractivity (Wildman–Crippen MR) is 97.5 cm³/mol. The number of nitrogens with zero attached hydrogens (tertiary/aromatic N) is 1. The predicted octanol–water partition coefficient (Wildman–Crippen LogP) is 4.59. The maximum atomic E-state index is 12.6. The molecule has 0 unspecified atom stereocenters. The van der Waals surface area contributed by atoms with E-state index in [0.717, 1.165) is 38.8 Å². The molecule has 4 heteroatoms. The molecule has 2 N–H and O–H groups in total. The van der Waals surface area contributed by atoms with Crippen molar-refractivity contribution in [2.45, 2.75) is 13.8 Å². The van der Waals surface area contributed by atoms with Gasteiger partial charge in [0.25, 0.3) is 5.91 Å². The molecule has 0 bridgehead atoms. The first-order valence-electron chi connectivity index (χ1n) is 7.88. The van der Waals surface area contributed by atoms with Crippen LogP contribution in [0.1, 0.15) is 21.7 Å². The quantitative estimate of drug-likeness (QED) is 0.568. The van der Waals surface area contributed by atoms with E-state index in [1.54, 1.807) is 0 Å². The number of pyridine rings is 1. The van der Waals surface area contributed by atoms with Gasteiger partial charge in [0, 0.05) is 22.0 Å². The van der Waals surface area contributed by atoms with E-state index in [2.05, 4.69) is 21.4 Å². The minimum Gasteiger partial charge on any atom is -0.353 e. The van der Waals surface area contributed by atoms with Crippen molar-refractivity contribution in [2.75, 3.05) is 5.32 Å². The van der Waals surface area contributed by atoms with Crippen LogP contribution in [0.5, 0.6) is 0 Å². The van der Waals surface area contributed by atoms with Crippen molar-refractivity contribution in [3.8, 4) is 0 Å². The largest absolute Gasteiger partial charge is 0.353 e. The molecule has 0 saturated carbocycles. The molecule has 4 nitrogen and oxygen atoms in total. The van der Waals surface area contributed by atoms with E-state index in [0.29, 0.717) is 5.69 Å². The van der Waals surface area contributed by atoms with Crippen LogP contribution < -0.4 is 5.32 Å². The number of carbonyl (C=O) groups excluding carboxylic acids is 1. The average molecular weight is 315 g/mol. The number of fused-ring (bicyclic) bond motifs is 3. The Bertz CT molecular complexity index is 1080. The van der Waals surface area contributed by atoms with Crippen LogP contribution in [0, 0.1) is 13.8 Å². The molecular weight excluding hydrogens is 298 g/mol. The van der Waals surface area contributed by atoms with Crippen LogP contribution in [-0.4, -0.2) is 15.9 Å². The Morgan fingerprint density at radius 3 is 2.67 bits per heavy atom. The molecule has 24 heavy (non-hydrogen) atoms. The number of amides is 1. The topological polar surface area (TPSA) is 57.8 Å². The molecule has 2 aromatic heterocycles. The second-order valence-corrected chi connectivity index (χ2v) is 6.01. The average Bonchev–Trinajstić information content (AvgIpc) is 2.94. The van der Waals surface area contributed by atoms with Gasteiger partial charge in [0.1, 0.15) is 5.69 Å². The molecule has 0 aliphatic carbocycles. The lowest BCUT2D eigenvalue weighted by atomic mass is 10.1. The number of hydrogen-bond acceptors (Lipinski definition) is 2. The van der Waals surface area contributed by atoms with Crippen LogP contribution >= 0.6 is 0 Å². The second kappa shape index (κ2) is 5.49. The maximum absolute atomic E-state index is 12.6. The number of para-hydroxylation sites is 1. The summed E-state index contributed by atoms with van der Waals surface area (Å²) in [5.74, 6) is -0.198. The lowest BCUT2D eigenvalue weighted by Gasteiger charge is -2.07. The summed E-state index contributed by atoms with van der Waals surface area (Å²) < 4.78 is 0. The van der Waals surface area contributed by atoms with Crippen molar-refractivity contribution >= 4 is 33.4 Å². The molecule has 0 aliphatic rings. The fourth-order valence-corrected chi connectivity index (χ4v) is 3.04. The third kappa shape index (κ3) is 2.42. The number of hydrogen-bond donors (Lipinski definition) is 2. The lowest BCUT2D eigenvalue weighted by Crippen LogP contribution is -2.14. The first kappa shape index (κ1) is 14.5. The van der Waals surface area contributed by atoms with Gasteiger partial charge in [0.2, 0.25) is 0 Å². The fourth-order valence-electron chi connectivity index (χ4n) is 3.04. The molecule has 0 saturated heterocycles. The van der Waals surface area contributed by atoms with Gasteiger partial charge in [0.15, 0.2) is 0 Å². The minimum absolute atomic E-state index is 0.198. The highest BCUT2D eigenvalue weighted by atomic mass is 16.1. The second-order valence-electron chi connectivity index (χ2n) is 6.01. The van der Waals surface area contributed by atoms with E-state index in [9.17, 15) is 4.79 Å². The van der Waals surface area contributed by atoms with Gasteiger partial charge in [-0.15, -0.1) is 0 Å². The molecule has 4 rings (SSSR count). The first-order valence-corrected chi connectivity index (χ1v) is 7.88. The monoisotopic (exact) mass is 315 g/mol. The van der Waals surface area contributed by atoms with Crippen LogP contribution in [0.4, 0.5) is 5.69 Å². The van der Waals surface area contributed by atoms with Gasteiger partial charge >= 0.3 is 0 Å². The van der Waals surface area contributed by atoms with Crippen LogP contribution in [0.25, 0.3) is 21.8 Å². The van der Waals surface area contributed by atoms with Gasteiger partial charge in [0.05, 0.1) is 11.2 Å². The zero-order valence-electron chi connectivity index (χ0n) is 13.6. The Kier molecular flexibility index (Phi) is 3.31. The van der Waals surface area contributed by atoms with E-state index in [1.165, 1.54) is 0 Å². The summed E-state index contributed by atoms with van der Waals surface area (Å²) in [6.45, 7) is 3.91. The molecule has 118 valence electrons. The van der Waals surface area contributed by atoms with Gasteiger partial charge in [-0.05, 0) is 43.7 Å². The molecule has 0 spiro atoms. The number of aromatic nitrogens is 2. The standard InChI is InChI=1S/C20H17N3O/c1-12-6-5-7-14(10-12)22-20(24)18-11-16-15-8-3-4-9-17(15)23-19(16)13(2)21-18/h3-11,23H,1-2H3,(H,22,24). The Balaban J connectivity index is 1.79. The number of H-pyrrole nitrogens is 1. The van der Waals surface area contributed by atoms with Gasteiger partial charge < -0.3 is 10.3 Å². The summed E-state index contributed by atoms with van der Waals surface area (Å²) >= 11 is 0. The molecular formula is C20H17N3O. The normalized spacial score (nSPS) is 11.1. The fraction of sp³-hybridized carbons (Fsp3) is 0.100. The van der Waals surface area contributed by atoms with Crippen molar-refractivity contribution in [2.24, 2.45) is 0 Å². The van der Waals surface area contributed by atoms with Crippen LogP contribution in [0.3, 0.4) is 0 Å². The third-order valence-corrected chi connectivity index (χ3v) is 4.19. The number of nitrogens with one attached hydrogen (secondary N) is 2. The van der Waals surface area contributed by atoms with Crippen LogP contribution in [0.2, 0.25) is 0 Å². The highest BCUT2D eigenvalue weighted by Crippen LogP contribution is 2.27. The molecule has 2 heterocycles. The summed E-state index contributed by atoms with van der Waals surface area (Å²) in [4.78, 5) is 20.4. The summed E-state index contributed by atoms with van der Waals surface area (Å²) in [7, 11) is 0. The zero-order valence-corrected chi connectivity index (χ0v) is 13.6. The smallest absolute Gasteiger partial charge is 0.274 e. The Labute approximate surface area is 139 Å². The summed E-state index contributed by atoms with van der Waals surface area (Å²) in [5, 5.41) is 5.04. The van der Waals surface area contributed by atoms with Crippen LogP contribution in [-0.2, 0) is 0 Å². The molecule has 2 aromatic carbocycles. The summed E-state index contributed by atoms with van der Waals surface area (Å²) in [6.07, 6.45) is 0. The summed E-state index contributed by atoms with van der Waals surface area (Å²) in [5.41, 5.74) is 5.14. The first-order chi connectivity index (χ1) is 11.6. The number of benzene rings is 2. The maximum Gasteiger partial charge on any atom is 0.274 e. The van der Waals surface area contributed by atoms with E-state index >= 15 is 0 Å². The number of aryl methyl sites for hydroxylation is 2. The zero-order chi connectivity index (χ0) is 16.7. The number of aromatic amines is 1. The van der Waals surface area contributed by atoms with E-state index < -0.39 is 0 Å². The third-order valence-electron chi connectivity index (χ3n) is 4.19. The van der Waals surface area contributed by atoms with E-state index in [1.807, 2.05) is 62.4 Å². The molecule has 0 radical (unpaired) electrons. The van der Waals surface area contributed by atoms with E-state index in [-0.39, 0.29) is 5.91 Å². The van der Waals surface area contributed by atoms with Crippen molar-refractivity contribution in [3.63, 3.8) is 0 Å². The number of anilines is 1. The van der Waals surface area contributed by atoms with Crippen molar-refractivity contribution < 1.29 is 4.79 Å². The SMILES string of the molecule is Cc1cccc(NC(=O)c2cc3c([nH]c4ccccc43)c(C)n2)c1. The molecule has 0 atom stereocenters. The van der Waals surface area contributed by atoms with Crippen molar-refractivity contribution in [3.05, 3.63) is 71.5 Å². The summed E-state index contributed by atoms with van der Waals surface area (Å²) in [6, 6.07) is 17.7. The molecule has 0 aliphatic heterocycles. The van der Waals surface area contributed by atoms with Crippen LogP contribution in [0.15, 0.2) is 54.6 Å². The van der Waals surface area contributed by atoms with Gasteiger partial charge in [-0.1, -0.05) is 30.3 Å². The highest BCUT2D eigenvalue weighted by molar-refractivity contribution is 6.11. The number of carbonyl (C=O) groups is 1. The molecule has 4 aromatic rings. The Morgan fingerprint density at radius 2 is 1.83 bits per heavy atom. The van der Waals surface area contributed by atoms with Crippen molar-refractivity contribution in [1.29, 1.82) is 0 Å². The number of rotatable bonds is 2. The van der Waals surface area contributed by atoms with Crippen molar-refractivity contribution in [1.82, 2.24) is 9.97 Å². The minimum atomic E-state index is -0.198. The van der Waals surface area contributed by atoms with E-state index in [4.69, 9.17) is 0 Å². The van der Waals surface area contributed by atoms with Gasteiger partial charge in [-0.2, -0.15) is 0 Å².